The molecule has 0 saturated heterocycles. The van der Waals surface area contributed by atoms with Crippen molar-refractivity contribution in [3.8, 4) is 0 Å². The Bertz CT molecular complexity index is 618. The van der Waals surface area contributed by atoms with Gasteiger partial charge in [-0.15, -0.1) is 0 Å². The topological polar surface area (TPSA) is 24.9 Å². The molecule has 0 spiro atoms. The van der Waals surface area contributed by atoms with Crippen LogP contribution in [0.4, 0.5) is 10.2 Å². The Balaban J connectivity index is 2.80. The molecule has 2 nitrogen and oxygen atoms in total. The fourth-order valence-electron chi connectivity index (χ4n) is 2.07. The van der Waals surface area contributed by atoms with E-state index < -0.39 is 0 Å². The van der Waals surface area contributed by atoms with Crippen molar-refractivity contribution in [1.82, 2.24) is 4.98 Å². The SMILES string of the molecule is CCNc1nc2c(F)ccc(Br)c2cc1C(C)(C)C. The molecular weight excluding hydrogens is 307 g/mol. The monoisotopic (exact) mass is 324 g/mol. The van der Waals surface area contributed by atoms with Crippen LogP contribution in [0.2, 0.25) is 0 Å². The molecule has 0 fully saturated rings. The molecular formula is C15H18BrFN2. The molecule has 1 aromatic heterocycles. The number of rotatable bonds is 2. The smallest absolute Gasteiger partial charge is 0.149 e. The van der Waals surface area contributed by atoms with Gasteiger partial charge in [-0.2, -0.15) is 0 Å². The first-order valence-corrected chi connectivity index (χ1v) is 7.17. The molecule has 1 aromatic carbocycles. The van der Waals surface area contributed by atoms with Crippen LogP contribution in [0.3, 0.4) is 0 Å². The molecule has 0 aliphatic carbocycles. The molecule has 0 unspecified atom stereocenters. The van der Waals surface area contributed by atoms with E-state index in [1.807, 2.05) is 13.0 Å². The highest BCUT2D eigenvalue weighted by Crippen LogP contribution is 2.34. The van der Waals surface area contributed by atoms with Crippen molar-refractivity contribution in [1.29, 1.82) is 0 Å². The maximum atomic E-state index is 13.9. The highest BCUT2D eigenvalue weighted by molar-refractivity contribution is 9.10. The predicted molar refractivity (Wildman–Crippen MR) is 82.3 cm³/mol. The van der Waals surface area contributed by atoms with Gasteiger partial charge in [0.1, 0.15) is 17.2 Å². The van der Waals surface area contributed by atoms with E-state index in [1.165, 1.54) is 6.07 Å². The van der Waals surface area contributed by atoms with E-state index in [-0.39, 0.29) is 11.2 Å². The highest BCUT2D eigenvalue weighted by Gasteiger charge is 2.21. The lowest BCUT2D eigenvalue weighted by molar-refractivity contribution is 0.589. The lowest BCUT2D eigenvalue weighted by Crippen LogP contribution is -2.16. The van der Waals surface area contributed by atoms with Crippen LogP contribution >= 0.6 is 15.9 Å². The van der Waals surface area contributed by atoms with Crippen LogP contribution in [-0.2, 0) is 5.41 Å². The Morgan fingerprint density at radius 1 is 1.32 bits per heavy atom. The molecule has 2 aromatic rings. The second-order valence-electron chi connectivity index (χ2n) is 5.59. The Hall–Kier alpha value is -1.16. The molecule has 19 heavy (non-hydrogen) atoms. The first-order chi connectivity index (χ1) is 8.84. The molecule has 0 amide bonds. The molecule has 1 heterocycles. The van der Waals surface area contributed by atoms with Crippen LogP contribution in [-0.4, -0.2) is 11.5 Å². The van der Waals surface area contributed by atoms with E-state index >= 15 is 0 Å². The molecule has 0 saturated carbocycles. The van der Waals surface area contributed by atoms with E-state index in [1.54, 1.807) is 6.07 Å². The molecule has 0 radical (unpaired) electrons. The van der Waals surface area contributed by atoms with Gasteiger partial charge in [0, 0.05) is 22.0 Å². The highest BCUT2D eigenvalue weighted by atomic mass is 79.9. The van der Waals surface area contributed by atoms with Gasteiger partial charge in [0.05, 0.1) is 0 Å². The van der Waals surface area contributed by atoms with Crippen molar-refractivity contribution < 1.29 is 4.39 Å². The molecule has 2 rings (SSSR count). The van der Waals surface area contributed by atoms with Crippen LogP contribution in [0.5, 0.6) is 0 Å². The third kappa shape index (κ3) is 2.73. The van der Waals surface area contributed by atoms with Gasteiger partial charge in [0.25, 0.3) is 0 Å². The van der Waals surface area contributed by atoms with Crippen molar-refractivity contribution in [2.24, 2.45) is 0 Å². The Kier molecular flexibility index (Phi) is 3.81. The summed E-state index contributed by atoms with van der Waals surface area (Å²) < 4.78 is 14.8. The number of hydrogen-bond donors (Lipinski definition) is 1. The Labute approximate surface area is 121 Å². The van der Waals surface area contributed by atoms with Crippen LogP contribution < -0.4 is 5.32 Å². The maximum Gasteiger partial charge on any atom is 0.149 e. The minimum atomic E-state index is -0.294. The standard InChI is InChI=1S/C15H18BrFN2/c1-5-18-14-10(15(2,3)4)8-9-11(16)6-7-12(17)13(9)19-14/h6-8H,5H2,1-4H3,(H,18,19). The van der Waals surface area contributed by atoms with E-state index in [0.29, 0.717) is 5.52 Å². The van der Waals surface area contributed by atoms with Gasteiger partial charge in [-0.3, -0.25) is 0 Å². The number of aromatic nitrogens is 1. The van der Waals surface area contributed by atoms with Crippen LogP contribution in [0.1, 0.15) is 33.3 Å². The van der Waals surface area contributed by atoms with Gasteiger partial charge in [0.2, 0.25) is 0 Å². The van der Waals surface area contributed by atoms with Crippen molar-refractivity contribution in [3.63, 3.8) is 0 Å². The van der Waals surface area contributed by atoms with Crippen LogP contribution in [0, 0.1) is 5.82 Å². The summed E-state index contributed by atoms with van der Waals surface area (Å²) in [6.45, 7) is 9.16. The zero-order valence-corrected chi connectivity index (χ0v) is 13.2. The van der Waals surface area contributed by atoms with Crippen molar-refractivity contribution in [2.45, 2.75) is 33.1 Å². The quantitative estimate of drug-likeness (QED) is 0.852. The van der Waals surface area contributed by atoms with Gasteiger partial charge >= 0.3 is 0 Å². The maximum absolute atomic E-state index is 13.9. The summed E-state index contributed by atoms with van der Waals surface area (Å²) in [6, 6.07) is 5.18. The zero-order valence-electron chi connectivity index (χ0n) is 11.6. The van der Waals surface area contributed by atoms with E-state index in [4.69, 9.17) is 0 Å². The minimum Gasteiger partial charge on any atom is -0.370 e. The van der Waals surface area contributed by atoms with Crippen molar-refractivity contribution in [2.75, 3.05) is 11.9 Å². The number of benzene rings is 1. The lowest BCUT2D eigenvalue weighted by atomic mass is 9.86. The third-order valence-corrected chi connectivity index (χ3v) is 3.73. The molecule has 1 N–H and O–H groups in total. The number of anilines is 1. The molecule has 0 atom stereocenters. The number of nitrogens with zero attached hydrogens (tertiary/aromatic N) is 1. The molecule has 0 bridgehead atoms. The fraction of sp³-hybridized carbons (Fsp3) is 0.400. The Morgan fingerprint density at radius 3 is 2.58 bits per heavy atom. The van der Waals surface area contributed by atoms with Crippen molar-refractivity contribution in [3.05, 3.63) is 34.1 Å². The molecule has 102 valence electrons. The second-order valence-corrected chi connectivity index (χ2v) is 6.44. The van der Waals surface area contributed by atoms with Crippen LogP contribution in [0.15, 0.2) is 22.7 Å². The first kappa shape index (κ1) is 14.3. The summed E-state index contributed by atoms with van der Waals surface area (Å²) in [6.07, 6.45) is 0. The van der Waals surface area contributed by atoms with E-state index in [0.717, 1.165) is 27.8 Å². The first-order valence-electron chi connectivity index (χ1n) is 6.37. The average molecular weight is 325 g/mol. The van der Waals surface area contributed by atoms with Gasteiger partial charge in [-0.05, 0) is 30.5 Å². The summed E-state index contributed by atoms with van der Waals surface area (Å²) in [5.74, 6) is 0.470. The number of nitrogens with one attached hydrogen (secondary N) is 1. The average Bonchev–Trinajstić information content (AvgIpc) is 2.33. The van der Waals surface area contributed by atoms with E-state index in [9.17, 15) is 4.39 Å². The number of halogens is 2. The second kappa shape index (κ2) is 5.08. The molecule has 0 aliphatic heterocycles. The van der Waals surface area contributed by atoms with Crippen LogP contribution in [0.25, 0.3) is 10.9 Å². The predicted octanol–water partition coefficient (Wildman–Crippen LogP) is 4.87. The summed E-state index contributed by atoms with van der Waals surface area (Å²) >= 11 is 3.47. The minimum absolute atomic E-state index is 0.0511. The van der Waals surface area contributed by atoms with Gasteiger partial charge < -0.3 is 5.32 Å². The third-order valence-electron chi connectivity index (χ3n) is 3.03. The molecule has 4 heteroatoms. The van der Waals surface area contributed by atoms with Crippen molar-refractivity contribution >= 4 is 32.7 Å². The van der Waals surface area contributed by atoms with Gasteiger partial charge in [-0.25, -0.2) is 9.37 Å². The zero-order chi connectivity index (χ0) is 14.2. The summed E-state index contributed by atoms with van der Waals surface area (Å²) in [5.41, 5.74) is 1.44. The number of hydrogen-bond acceptors (Lipinski definition) is 2. The lowest BCUT2D eigenvalue weighted by Gasteiger charge is -2.23. The summed E-state index contributed by atoms with van der Waals surface area (Å²) in [5, 5.41) is 4.04. The van der Waals surface area contributed by atoms with Gasteiger partial charge in [-0.1, -0.05) is 36.7 Å². The largest absolute Gasteiger partial charge is 0.370 e. The normalized spacial score (nSPS) is 11.9. The van der Waals surface area contributed by atoms with Gasteiger partial charge in [0.15, 0.2) is 0 Å². The fourth-order valence-corrected chi connectivity index (χ4v) is 2.50. The van der Waals surface area contributed by atoms with E-state index in [2.05, 4.69) is 47.0 Å². The number of pyridine rings is 1. The summed E-state index contributed by atoms with van der Waals surface area (Å²) in [7, 11) is 0. The summed E-state index contributed by atoms with van der Waals surface area (Å²) in [4.78, 5) is 4.48. The molecule has 0 aliphatic rings. The number of fused-ring (bicyclic) bond motifs is 1. The Morgan fingerprint density at radius 2 is 2.00 bits per heavy atom.